The predicted molar refractivity (Wildman–Crippen MR) is 139 cm³/mol. The van der Waals surface area contributed by atoms with Gasteiger partial charge in [0.15, 0.2) is 0 Å². The number of amides is 2. The quantitative estimate of drug-likeness (QED) is 0.516. The molecule has 190 valence electrons. The Balaban J connectivity index is 1.51. The van der Waals surface area contributed by atoms with Crippen LogP contribution >= 0.6 is 0 Å². The van der Waals surface area contributed by atoms with Crippen molar-refractivity contribution in [2.75, 3.05) is 18.4 Å². The van der Waals surface area contributed by atoms with Crippen LogP contribution in [0.3, 0.4) is 0 Å². The van der Waals surface area contributed by atoms with E-state index in [4.69, 9.17) is 4.74 Å². The minimum absolute atomic E-state index is 0.115. The van der Waals surface area contributed by atoms with Gasteiger partial charge >= 0.3 is 6.09 Å². The van der Waals surface area contributed by atoms with Crippen LogP contribution in [0.25, 0.3) is 10.8 Å². The van der Waals surface area contributed by atoms with Crippen LogP contribution in [0.15, 0.2) is 71.6 Å². The number of nitrogens with one attached hydrogen (secondary N) is 2. The van der Waals surface area contributed by atoms with Gasteiger partial charge in [0.1, 0.15) is 5.60 Å². The smallest absolute Gasteiger partial charge is 0.410 e. The first-order chi connectivity index (χ1) is 17.0. The third-order valence-electron chi connectivity index (χ3n) is 5.92. The van der Waals surface area contributed by atoms with Crippen molar-refractivity contribution >= 4 is 38.5 Å². The highest BCUT2D eigenvalue weighted by molar-refractivity contribution is 7.89. The van der Waals surface area contributed by atoms with Crippen LogP contribution in [0, 0.1) is 0 Å². The van der Waals surface area contributed by atoms with Gasteiger partial charge < -0.3 is 15.0 Å². The molecule has 0 atom stereocenters. The first kappa shape index (κ1) is 25.7. The van der Waals surface area contributed by atoms with E-state index in [1.54, 1.807) is 47.4 Å². The molecule has 0 aliphatic carbocycles. The van der Waals surface area contributed by atoms with Crippen molar-refractivity contribution in [2.24, 2.45) is 0 Å². The predicted octanol–water partition coefficient (Wildman–Crippen LogP) is 4.77. The molecule has 1 aliphatic rings. The fraction of sp³-hybridized carbons (Fsp3) is 0.333. The third-order valence-corrected chi connectivity index (χ3v) is 7.50. The Bertz CT molecular complexity index is 1360. The maximum atomic E-state index is 13.4. The molecule has 0 saturated carbocycles. The van der Waals surface area contributed by atoms with Gasteiger partial charge in [-0.15, -0.1) is 0 Å². The van der Waals surface area contributed by atoms with Gasteiger partial charge in [-0.25, -0.2) is 17.9 Å². The zero-order chi connectivity index (χ0) is 25.9. The van der Waals surface area contributed by atoms with Gasteiger partial charge in [0.2, 0.25) is 10.0 Å². The summed E-state index contributed by atoms with van der Waals surface area (Å²) in [6, 6.07) is 18.8. The summed E-state index contributed by atoms with van der Waals surface area (Å²) >= 11 is 0. The average Bonchev–Trinajstić information content (AvgIpc) is 2.83. The van der Waals surface area contributed by atoms with Crippen LogP contribution in [-0.4, -0.2) is 50.1 Å². The zero-order valence-electron chi connectivity index (χ0n) is 20.7. The Hall–Kier alpha value is -3.43. The van der Waals surface area contributed by atoms with Gasteiger partial charge in [0, 0.05) is 35.8 Å². The summed E-state index contributed by atoms with van der Waals surface area (Å²) < 4.78 is 35.0. The van der Waals surface area contributed by atoms with Crippen LogP contribution in [-0.2, 0) is 14.8 Å². The second kappa shape index (κ2) is 10.3. The Kier molecular flexibility index (Phi) is 7.33. The number of hydrogen-bond acceptors (Lipinski definition) is 5. The third kappa shape index (κ3) is 6.03. The Morgan fingerprint density at radius 1 is 0.889 bits per heavy atom. The topological polar surface area (TPSA) is 105 Å². The SMILES string of the molecule is CC(C)(C)OC(=O)N1CCC(NS(=O)(=O)c2ccc(C(=O)Nc3ccccc3)c3ccccc23)CC1. The van der Waals surface area contributed by atoms with Crippen molar-refractivity contribution in [3.63, 3.8) is 0 Å². The molecular formula is C27H31N3O5S. The monoisotopic (exact) mass is 509 g/mol. The number of fused-ring (bicyclic) bond motifs is 1. The zero-order valence-corrected chi connectivity index (χ0v) is 21.5. The number of benzene rings is 3. The molecule has 0 spiro atoms. The summed E-state index contributed by atoms with van der Waals surface area (Å²) in [7, 11) is -3.87. The van der Waals surface area contributed by atoms with E-state index in [0.717, 1.165) is 0 Å². The fourth-order valence-corrected chi connectivity index (χ4v) is 5.73. The number of piperidine rings is 1. The largest absolute Gasteiger partial charge is 0.444 e. The van der Waals surface area contributed by atoms with Crippen molar-refractivity contribution in [2.45, 2.75) is 50.2 Å². The van der Waals surface area contributed by atoms with E-state index in [9.17, 15) is 18.0 Å². The Morgan fingerprint density at radius 3 is 2.14 bits per heavy atom. The molecule has 1 fully saturated rings. The number of anilines is 1. The second-order valence-electron chi connectivity index (χ2n) is 9.84. The van der Waals surface area contributed by atoms with Gasteiger partial charge in [-0.2, -0.15) is 0 Å². The molecule has 2 N–H and O–H groups in total. The Labute approximate surface area is 211 Å². The van der Waals surface area contributed by atoms with Crippen LogP contribution in [0.4, 0.5) is 10.5 Å². The van der Waals surface area contributed by atoms with E-state index >= 15 is 0 Å². The molecule has 8 nitrogen and oxygen atoms in total. The van der Waals surface area contributed by atoms with E-state index in [-0.39, 0.29) is 22.9 Å². The molecule has 3 aromatic rings. The molecule has 0 radical (unpaired) electrons. The van der Waals surface area contributed by atoms with Crippen molar-refractivity contribution in [1.82, 2.24) is 9.62 Å². The molecule has 1 saturated heterocycles. The highest BCUT2D eigenvalue weighted by atomic mass is 32.2. The lowest BCUT2D eigenvalue weighted by molar-refractivity contribution is 0.0203. The molecule has 0 aromatic heterocycles. The molecule has 1 aliphatic heterocycles. The average molecular weight is 510 g/mol. The standard InChI is InChI=1S/C27H31N3O5S/c1-27(2,3)35-26(32)30-17-15-20(16-18-30)29-36(33,34)24-14-13-23(21-11-7-8-12-22(21)24)25(31)28-19-9-5-4-6-10-19/h4-14,20,29H,15-18H2,1-3H3,(H,28,31). The maximum absolute atomic E-state index is 13.4. The second-order valence-corrected chi connectivity index (χ2v) is 11.5. The summed E-state index contributed by atoms with van der Waals surface area (Å²) in [5.74, 6) is -0.316. The summed E-state index contributed by atoms with van der Waals surface area (Å²) in [5.41, 5.74) is 0.461. The molecular weight excluding hydrogens is 478 g/mol. The maximum Gasteiger partial charge on any atom is 0.410 e. The van der Waals surface area contributed by atoms with E-state index in [1.165, 1.54) is 6.07 Å². The van der Waals surface area contributed by atoms with Gasteiger partial charge in [-0.3, -0.25) is 4.79 Å². The highest BCUT2D eigenvalue weighted by Crippen LogP contribution is 2.28. The van der Waals surface area contributed by atoms with E-state index < -0.39 is 15.6 Å². The summed E-state index contributed by atoms with van der Waals surface area (Å²) in [5, 5.41) is 3.87. The van der Waals surface area contributed by atoms with E-state index in [1.807, 2.05) is 39.0 Å². The number of likely N-dealkylation sites (tertiary alicyclic amines) is 1. The molecule has 9 heteroatoms. The van der Waals surface area contributed by atoms with Gasteiger partial charge in [-0.05, 0) is 63.3 Å². The number of ether oxygens (including phenoxy) is 1. The summed E-state index contributed by atoms with van der Waals surface area (Å²) in [6.07, 6.45) is 0.571. The minimum atomic E-state index is -3.87. The Morgan fingerprint density at radius 2 is 1.50 bits per heavy atom. The van der Waals surface area contributed by atoms with E-state index in [0.29, 0.717) is 48.0 Å². The van der Waals surface area contributed by atoms with Crippen LogP contribution in [0.1, 0.15) is 44.0 Å². The van der Waals surface area contributed by atoms with Gasteiger partial charge in [0.05, 0.1) is 4.90 Å². The number of carbonyl (C=O) groups is 2. The van der Waals surface area contributed by atoms with Crippen molar-refractivity contribution in [3.05, 3.63) is 72.3 Å². The first-order valence-electron chi connectivity index (χ1n) is 11.9. The van der Waals surface area contributed by atoms with Crippen LogP contribution < -0.4 is 10.0 Å². The molecule has 0 bridgehead atoms. The molecule has 3 aromatic carbocycles. The molecule has 4 rings (SSSR count). The fourth-order valence-electron chi connectivity index (χ4n) is 4.21. The minimum Gasteiger partial charge on any atom is -0.444 e. The number of sulfonamides is 1. The number of rotatable bonds is 5. The van der Waals surface area contributed by atoms with Gasteiger partial charge in [-0.1, -0.05) is 42.5 Å². The number of nitrogens with zero attached hydrogens (tertiary/aromatic N) is 1. The lowest BCUT2D eigenvalue weighted by atomic mass is 10.0. The number of para-hydroxylation sites is 1. The molecule has 0 unspecified atom stereocenters. The first-order valence-corrected chi connectivity index (χ1v) is 13.4. The molecule has 2 amide bonds. The molecule has 36 heavy (non-hydrogen) atoms. The van der Waals surface area contributed by atoms with Crippen LogP contribution in [0.5, 0.6) is 0 Å². The lowest BCUT2D eigenvalue weighted by Crippen LogP contribution is -2.47. The number of carbonyl (C=O) groups excluding carboxylic acids is 2. The highest BCUT2D eigenvalue weighted by Gasteiger charge is 2.30. The van der Waals surface area contributed by atoms with Crippen molar-refractivity contribution in [1.29, 1.82) is 0 Å². The van der Waals surface area contributed by atoms with Crippen LogP contribution in [0.2, 0.25) is 0 Å². The lowest BCUT2D eigenvalue weighted by Gasteiger charge is -2.33. The van der Waals surface area contributed by atoms with Crippen molar-refractivity contribution in [3.8, 4) is 0 Å². The normalized spacial score (nSPS) is 15.0. The molecule has 1 heterocycles. The number of hydrogen-bond donors (Lipinski definition) is 2. The van der Waals surface area contributed by atoms with E-state index in [2.05, 4.69) is 10.0 Å². The van der Waals surface area contributed by atoms with Crippen molar-refractivity contribution < 1.29 is 22.7 Å². The summed E-state index contributed by atoms with van der Waals surface area (Å²) in [4.78, 5) is 27.0. The summed E-state index contributed by atoms with van der Waals surface area (Å²) in [6.45, 7) is 6.24. The van der Waals surface area contributed by atoms with Gasteiger partial charge in [0.25, 0.3) is 5.91 Å².